The van der Waals surface area contributed by atoms with Crippen LogP contribution in [0.2, 0.25) is 0 Å². The molecule has 24 heavy (non-hydrogen) atoms. The summed E-state index contributed by atoms with van der Waals surface area (Å²) < 4.78 is 4.72. The van der Waals surface area contributed by atoms with Gasteiger partial charge in [-0.2, -0.15) is 0 Å². The molecule has 2 aromatic carbocycles. The highest BCUT2D eigenvalue weighted by Gasteiger charge is 2.25. The summed E-state index contributed by atoms with van der Waals surface area (Å²) in [6.07, 6.45) is -0.340. The maximum absolute atomic E-state index is 12.7. The fraction of sp³-hybridized carbons (Fsp3) is 0.263. The topological polar surface area (TPSA) is 49.9 Å². The predicted molar refractivity (Wildman–Crippen MR) is 91.8 cm³/mol. The second-order valence-corrected chi connectivity index (χ2v) is 5.70. The van der Waals surface area contributed by atoms with Crippen LogP contribution in [0.3, 0.4) is 0 Å². The second-order valence-electron chi connectivity index (χ2n) is 5.70. The van der Waals surface area contributed by atoms with Crippen LogP contribution in [0.15, 0.2) is 54.6 Å². The van der Waals surface area contributed by atoms with Crippen molar-refractivity contribution in [3.63, 3.8) is 0 Å². The molecule has 0 aliphatic carbocycles. The van der Waals surface area contributed by atoms with Gasteiger partial charge in [0.25, 0.3) is 5.91 Å². The number of amides is 2. The van der Waals surface area contributed by atoms with Crippen molar-refractivity contribution < 1.29 is 14.3 Å². The third-order valence-corrected chi connectivity index (χ3v) is 4.22. The van der Waals surface area contributed by atoms with E-state index < -0.39 is 0 Å². The first-order chi connectivity index (χ1) is 11.7. The molecule has 0 atom stereocenters. The summed E-state index contributed by atoms with van der Waals surface area (Å²) in [5.41, 5.74) is 2.78. The molecule has 5 heteroatoms. The van der Waals surface area contributed by atoms with Gasteiger partial charge in [0, 0.05) is 31.7 Å². The van der Waals surface area contributed by atoms with Gasteiger partial charge < -0.3 is 14.5 Å². The number of ether oxygens (including phenoxy) is 1. The number of carbonyl (C=O) groups is 2. The Morgan fingerprint density at radius 3 is 2.12 bits per heavy atom. The number of hydrogen-bond donors (Lipinski definition) is 0. The van der Waals surface area contributed by atoms with E-state index in [1.807, 2.05) is 54.6 Å². The van der Waals surface area contributed by atoms with Crippen molar-refractivity contribution in [3.8, 4) is 11.1 Å². The Morgan fingerprint density at radius 1 is 0.833 bits per heavy atom. The quantitative estimate of drug-likeness (QED) is 0.853. The van der Waals surface area contributed by atoms with Gasteiger partial charge in [0.05, 0.1) is 7.11 Å². The lowest BCUT2D eigenvalue weighted by atomic mass is 10.0. The van der Waals surface area contributed by atoms with E-state index in [0.717, 1.165) is 11.1 Å². The first-order valence-corrected chi connectivity index (χ1v) is 7.96. The molecule has 1 aliphatic heterocycles. The molecule has 2 amide bonds. The monoisotopic (exact) mass is 324 g/mol. The summed E-state index contributed by atoms with van der Waals surface area (Å²) in [6, 6.07) is 17.6. The van der Waals surface area contributed by atoms with Gasteiger partial charge in [0.15, 0.2) is 0 Å². The molecule has 3 rings (SSSR count). The highest BCUT2D eigenvalue weighted by atomic mass is 16.5. The van der Waals surface area contributed by atoms with Crippen molar-refractivity contribution in [3.05, 3.63) is 60.2 Å². The Morgan fingerprint density at radius 2 is 1.46 bits per heavy atom. The number of piperazine rings is 1. The van der Waals surface area contributed by atoms with Crippen molar-refractivity contribution in [2.45, 2.75) is 0 Å². The van der Waals surface area contributed by atoms with Crippen LogP contribution in [0, 0.1) is 0 Å². The molecule has 2 aromatic rings. The van der Waals surface area contributed by atoms with Crippen LogP contribution in [-0.4, -0.2) is 55.1 Å². The van der Waals surface area contributed by atoms with Crippen molar-refractivity contribution in [2.75, 3.05) is 33.3 Å². The van der Waals surface area contributed by atoms with Gasteiger partial charge in [-0.15, -0.1) is 0 Å². The van der Waals surface area contributed by atoms with E-state index in [2.05, 4.69) is 0 Å². The average molecular weight is 324 g/mol. The van der Waals surface area contributed by atoms with Gasteiger partial charge in [-0.25, -0.2) is 4.79 Å². The molecule has 1 saturated heterocycles. The van der Waals surface area contributed by atoms with E-state index in [0.29, 0.717) is 31.7 Å². The third kappa shape index (κ3) is 3.40. The number of methoxy groups -OCH3 is 1. The number of nitrogens with zero attached hydrogens (tertiary/aromatic N) is 2. The summed E-state index contributed by atoms with van der Waals surface area (Å²) in [5, 5.41) is 0. The molecule has 1 heterocycles. The lowest BCUT2D eigenvalue weighted by Crippen LogP contribution is -2.50. The van der Waals surface area contributed by atoms with Crippen LogP contribution in [0.4, 0.5) is 4.79 Å². The molecule has 0 bridgehead atoms. The van der Waals surface area contributed by atoms with Crippen molar-refractivity contribution in [1.82, 2.24) is 9.80 Å². The molecule has 0 radical (unpaired) electrons. The smallest absolute Gasteiger partial charge is 0.409 e. The normalized spacial score (nSPS) is 14.4. The molecule has 5 nitrogen and oxygen atoms in total. The van der Waals surface area contributed by atoms with Gasteiger partial charge in [0.2, 0.25) is 0 Å². The number of rotatable bonds is 2. The number of carbonyl (C=O) groups excluding carboxylic acids is 2. The van der Waals surface area contributed by atoms with Crippen LogP contribution >= 0.6 is 0 Å². The second kappa shape index (κ2) is 7.17. The molecule has 0 spiro atoms. The van der Waals surface area contributed by atoms with Crippen molar-refractivity contribution >= 4 is 12.0 Å². The minimum absolute atomic E-state index is 0.00250. The zero-order valence-corrected chi connectivity index (χ0v) is 13.6. The Hall–Kier alpha value is -2.82. The molecule has 124 valence electrons. The minimum Gasteiger partial charge on any atom is -0.453 e. The molecule has 0 N–H and O–H groups in total. The lowest BCUT2D eigenvalue weighted by Gasteiger charge is -2.33. The van der Waals surface area contributed by atoms with E-state index in [-0.39, 0.29) is 12.0 Å². The number of hydrogen-bond acceptors (Lipinski definition) is 3. The average Bonchev–Trinajstić information content (AvgIpc) is 2.67. The van der Waals surface area contributed by atoms with Crippen LogP contribution in [0.1, 0.15) is 10.4 Å². The molecule has 0 saturated carbocycles. The van der Waals surface area contributed by atoms with Gasteiger partial charge in [0.1, 0.15) is 0 Å². The first kappa shape index (κ1) is 16.1. The highest BCUT2D eigenvalue weighted by molar-refractivity contribution is 5.95. The van der Waals surface area contributed by atoms with Crippen molar-refractivity contribution in [2.24, 2.45) is 0 Å². The summed E-state index contributed by atoms with van der Waals surface area (Å²) in [5.74, 6) is -0.00250. The largest absolute Gasteiger partial charge is 0.453 e. The first-order valence-electron chi connectivity index (χ1n) is 7.96. The Balaban J connectivity index is 1.71. The molecule has 1 fully saturated rings. The standard InChI is InChI=1S/C19H20N2O3/c1-24-19(23)21-12-10-20(11-13-21)18(22)17-9-5-8-16(14-17)15-6-3-2-4-7-15/h2-9,14H,10-13H2,1H3. The summed E-state index contributed by atoms with van der Waals surface area (Å²) in [4.78, 5) is 27.6. The van der Waals surface area contributed by atoms with Gasteiger partial charge >= 0.3 is 6.09 Å². The van der Waals surface area contributed by atoms with Gasteiger partial charge in [-0.1, -0.05) is 42.5 Å². The van der Waals surface area contributed by atoms with Crippen LogP contribution in [0.5, 0.6) is 0 Å². The van der Waals surface area contributed by atoms with E-state index in [4.69, 9.17) is 4.74 Å². The van der Waals surface area contributed by atoms with Gasteiger partial charge in [-0.3, -0.25) is 4.79 Å². The SMILES string of the molecule is COC(=O)N1CCN(C(=O)c2cccc(-c3ccccc3)c2)CC1. The minimum atomic E-state index is -0.340. The zero-order valence-electron chi connectivity index (χ0n) is 13.6. The van der Waals surface area contributed by atoms with Crippen molar-refractivity contribution in [1.29, 1.82) is 0 Å². The van der Waals surface area contributed by atoms with Crippen LogP contribution in [0.25, 0.3) is 11.1 Å². The Bertz CT molecular complexity index is 722. The molecule has 1 aliphatic rings. The van der Waals surface area contributed by atoms with Gasteiger partial charge in [-0.05, 0) is 23.3 Å². The summed E-state index contributed by atoms with van der Waals surface area (Å²) in [7, 11) is 1.37. The maximum atomic E-state index is 12.7. The van der Waals surface area contributed by atoms with E-state index >= 15 is 0 Å². The summed E-state index contributed by atoms with van der Waals surface area (Å²) >= 11 is 0. The lowest BCUT2D eigenvalue weighted by molar-refractivity contribution is 0.0600. The fourth-order valence-corrected chi connectivity index (χ4v) is 2.87. The highest BCUT2D eigenvalue weighted by Crippen LogP contribution is 2.21. The van der Waals surface area contributed by atoms with E-state index in [9.17, 15) is 9.59 Å². The Labute approximate surface area is 141 Å². The van der Waals surface area contributed by atoms with Crippen LogP contribution < -0.4 is 0 Å². The van der Waals surface area contributed by atoms with E-state index in [1.165, 1.54) is 7.11 Å². The Kier molecular flexibility index (Phi) is 4.79. The van der Waals surface area contributed by atoms with Crippen LogP contribution in [-0.2, 0) is 4.74 Å². The fourth-order valence-electron chi connectivity index (χ4n) is 2.87. The van der Waals surface area contributed by atoms with E-state index in [1.54, 1.807) is 9.80 Å². The third-order valence-electron chi connectivity index (χ3n) is 4.22. The number of benzene rings is 2. The molecular weight excluding hydrogens is 304 g/mol. The molecule has 0 aromatic heterocycles. The molecule has 0 unspecified atom stereocenters. The predicted octanol–water partition coefficient (Wildman–Crippen LogP) is 2.88. The summed E-state index contributed by atoms with van der Waals surface area (Å²) in [6.45, 7) is 2.03. The zero-order chi connectivity index (χ0) is 16.9. The maximum Gasteiger partial charge on any atom is 0.409 e. The molecular formula is C19H20N2O3.